The van der Waals surface area contributed by atoms with Gasteiger partial charge >= 0.3 is 0 Å². The third kappa shape index (κ3) is 2.29. The number of hydrogen-bond donors (Lipinski definition) is 2. The van der Waals surface area contributed by atoms with E-state index in [0.717, 1.165) is 36.7 Å². The molecule has 0 bridgehead atoms. The van der Waals surface area contributed by atoms with Crippen LogP contribution < -0.4 is 5.32 Å². The lowest BCUT2D eigenvalue weighted by Crippen LogP contribution is -2.64. The summed E-state index contributed by atoms with van der Waals surface area (Å²) in [4.78, 5) is 7.00. The molecule has 1 saturated heterocycles. The van der Waals surface area contributed by atoms with Gasteiger partial charge in [0.05, 0.1) is 12.1 Å². The second kappa shape index (κ2) is 5.39. The van der Waals surface area contributed by atoms with Crippen molar-refractivity contribution in [3.63, 3.8) is 0 Å². The van der Waals surface area contributed by atoms with E-state index in [0.29, 0.717) is 12.0 Å². The maximum atomic E-state index is 10.6. The topological polar surface area (TPSA) is 78.6 Å². The minimum absolute atomic E-state index is 0.0391. The fraction of sp³-hybridized carbons (Fsp3) is 0.706. The maximum absolute atomic E-state index is 10.6. The van der Waals surface area contributed by atoms with Gasteiger partial charge in [-0.3, -0.25) is 4.40 Å². The van der Waals surface area contributed by atoms with Gasteiger partial charge in [-0.2, -0.15) is 0 Å². The smallest absolute Gasteiger partial charge is 0.165 e. The van der Waals surface area contributed by atoms with Crippen molar-refractivity contribution in [2.45, 2.75) is 51.8 Å². The Morgan fingerprint density at radius 3 is 2.88 bits per heavy atom. The van der Waals surface area contributed by atoms with E-state index in [1.807, 2.05) is 17.4 Å². The highest BCUT2D eigenvalue weighted by Crippen LogP contribution is 2.52. The zero-order valence-electron chi connectivity index (χ0n) is 14.8. The fourth-order valence-electron chi connectivity index (χ4n) is 5.23. The van der Waals surface area contributed by atoms with Crippen LogP contribution in [0.25, 0.3) is 5.65 Å². The molecule has 2 aromatic rings. The summed E-state index contributed by atoms with van der Waals surface area (Å²) in [7, 11) is 2.19. The van der Waals surface area contributed by atoms with Crippen LogP contribution in [0.4, 0.5) is 5.82 Å². The van der Waals surface area contributed by atoms with Crippen LogP contribution in [-0.4, -0.2) is 61.4 Å². The first-order valence-corrected chi connectivity index (χ1v) is 8.72. The molecule has 7 nitrogen and oxygen atoms in total. The molecule has 4 atom stereocenters. The Morgan fingerprint density at radius 1 is 1.38 bits per heavy atom. The van der Waals surface area contributed by atoms with E-state index in [1.54, 1.807) is 6.33 Å². The molecule has 0 aromatic carbocycles. The lowest BCUT2D eigenvalue weighted by Gasteiger charge is -2.57. The number of likely N-dealkylation sites (tertiary alicyclic amines) is 1. The summed E-state index contributed by atoms with van der Waals surface area (Å²) in [5.41, 5.74) is 1.00. The van der Waals surface area contributed by atoms with Gasteiger partial charge in [-0.25, -0.2) is 4.98 Å². The molecule has 4 rings (SSSR count). The molecule has 0 amide bonds. The first-order chi connectivity index (χ1) is 11.4. The number of aryl methyl sites for hydroxylation is 1. The van der Waals surface area contributed by atoms with Crippen LogP contribution in [-0.2, 0) is 0 Å². The molecule has 2 fully saturated rings. The van der Waals surface area contributed by atoms with Gasteiger partial charge < -0.3 is 15.3 Å². The molecular formula is C17H26N6O. The standard InChI is InChI=1S/C17H26N6O/c1-10(2)16-17(8-22(16)4)6-12(13(24)7-17)20-14-5-15-21-18-9-23(15)11(3)19-14/h5,9-10,12-13,16,20,24H,6-8H2,1-4H3/t12-,13-,16?,17?/m1/s1. The lowest BCUT2D eigenvalue weighted by molar-refractivity contribution is -0.0825. The molecule has 2 aromatic heterocycles. The molecule has 2 unspecified atom stereocenters. The largest absolute Gasteiger partial charge is 0.391 e. The van der Waals surface area contributed by atoms with Gasteiger partial charge in [-0.15, -0.1) is 10.2 Å². The second-order valence-electron chi connectivity index (χ2n) is 7.94. The van der Waals surface area contributed by atoms with Gasteiger partial charge in [0.25, 0.3) is 0 Å². The number of aromatic nitrogens is 4. The Labute approximate surface area is 142 Å². The van der Waals surface area contributed by atoms with E-state index >= 15 is 0 Å². The van der Waals surface area contributed by atoms with E-state index < -0.39 is 0 Å². The molecule has 0 radical (unpaired) electrons. The summed E-state index contributed by atoms with van der Waals surface area (Å²) in [6.45, 7) is 7.56. The number of aliphatic hydroxyl groups excluding tert-OH is 1. The Morgan fingerprint density at radius 2 is 2.17 bits per heavy atom. The van der Waals surface area contributed by atoms with Crippen LogP contribution in [0.3, 0.4) is 0 Å². The Hall–Kier alpha value is -1.73. The van der Waals surface area contributed by atoms with Crippen LogP contribution in [0.2, 0.25) is 0 Å². The van der Waals surface area contributed by atoms with Gasteiger partial charge in [0.15, 0.2) is 5.65 Å². The zero-order chi connectivity index (χ0) is 17.1. The maximum Gasteiger partial charge on any atom is 0.165 e. The number of nitrogens with one attached hydrogen (secondary N) is 1. The molecule has 130 valence electrons. The van der Waals surface area contributed by atoms with Crippen LogP contribution >= 0.6 is 0 Å². The molecule has 1 spiro atoms. The predicted molar refractivity (Wildman–Crippen MR) is 91.9 cm³/mol. The molecule has 3 heterocycles. The van der Waals surface area contributed by atoms with Gasteiger partial charge in [0, 0.05) is 24.1 Å². The molecular weight excluding hydrogens is 304 g/mol. The summed E-state index contributed by atoms with van der Waals surface area (Å²) in [6, 6.07) is 2.48. The SMILES string of the molecule is Cc1nc(N[C@@H]2CC3(C[C@H]2O)CN(C)C3C(C)C)cc2nncn12. The highest BCUT2D eigenvalue weighted by molar-refractivity contribution is 5.50. The summed E-state index contributed by atoms with van der Waals surface area (Å²) in [6.07, 6.45) is 3.18. The van der Waals surface area contributed by atoms with Gasteiger partial charge in [0.1, 0.15) is 18.0 Å². The van der Waals surface area contributed by atoms with Crippen LogP contribution in [0.15, 0.2) is 12.4 Å². The summed E-state index contributed by atoms with van der Waals surface area (Å²) >= 11 is 0. The van der Waals surface area contributed by atoms with Gasteiger partial charge in [0.2, 0.25) is 0 Å². The second-order valence-corrected chi connectivity index (χ2v) is 7.94. The molecule has 24 heavy (non-hydrogen) atoms. The van der Waals surface area contributed by atoms with Crippen molar-refractivity contribution in [2.24, 2.45) is 11.3 Å². The summed E-state index contributed by atoms with van der Waals surface area (Å²) in [5, 5.41) is 22.1. The van der Waals surface area contributed by atoms with Crippen molar-refractivity contribution in [2.75, 3.05) is 18.9 Å². The molecule has 2 N–H and O–H groups in total. The van der Waals surface area contributed by atoms with Crippen LogP contribution in [0, 0.1) is 18.3 Å². The number of fused-ring (bicyclic) bond motifs is 1. The first kappa shape index (κ1) is 15.8. The summed E-state index contributed by atoms with van der Waals surface area (Å²) in [5.74, 6) is 2.20. The molecule has 1 saturated carbocycles. The Balaban J connectivity index is 1.54. The average molecular weight is 330 g/mol. The van der Waals surface area contributed by atoms with E-state index in [2.05, 4.69) is 46.3 Å². The van der Waals surface area contributed by atoms with Crippen molar-refractivity contribution in [1.29, 1.82) is 0 Å². The number of anilines is 1. The Kier molecular flexibility index (Phi) is 3.54. The van der Waals surface area contributed by atoms with Crippen molar-refractivity contribution < 1.29 is 5.11 Å². The van der Waals surface area contributed by atoms with Crippen molar-refractivity contribution in [1.82, 2.24) is 24.5 Å². The highest BCUT2D eigenvalue weighted by atomic mass is 16.3. The van der Waals surface area contributed by atoms with Gasteiger partial charge in [-0.05, 0) is 32.7 Å². The number of hydrogen-bond acceptors (Lipinski definition) is 6. The molecule has 1 aliphatic carbocycles. The third-order valence-corrected chi connectivity index (χ3v) is 5.81. The van der Waals surface area contributed by atoms with E-state index in [4.69, 9.17) is 0 Å². The van der Waals surface area contributed by atoms with E-state index in [9.17, 15) is 5.11 Å². The zero-order valence-corrected chi connectivity index (χ0v) is 14.8. The van der Waals surface area contributed by atoms with Crippen molar-refractivity contribution in [3.8, 4) is 0 Å². The highest BCUT2D eigenvalue weighted by Gasteiger charge is 2.58. The Bertz CT molecular complexity index is 754. The van der Waals surface area contributed by atoms with Crippen molar-refractivity contribution >= 4 is 11.5 Å². The minimum Gasteiger partial charge on any atom is -0.391 e. The predicted octanol–water partition coefficient (Wildman–Crippen LogP) is 1.32. The first-order valence-electron chi connectivity index (χ1n) is 8.72. The normalized spacial score (nSPS) is 33.5. The number of aliphatic hydroxyl groups is 1. The average Bonchev–Trinajstić information content (AvgIpc) is 3.04. The molecule has 1 aliphatic heterocycles. The summed E-state index contributed by atoms with van der Waals surface area (Å²) < 4.78 is 1.85. The van der Waals surface area contributed by atoms with Crippen LogP contribution in [0.1, 0.15) is 32.5 Å². The quantitative estimate of drug-likeness (QED) is 0.884. The fourth-order valence-corrected chi connectivity index (χ4v) is 5.23. The van der Waals surface area contributed by atoms with E-state index in [-0.39, 0.29) is 17.6 Å². The monoisotopic (exact) mass is 330 g/mol. The van der Waals surface area contributed by atoms with Crippen molar-refractivity contribution in [3.05, 3.63) is 18.2 Å². The van der Waals surface area contributed by atoms with Gasteiger partial charge in [-0.1, -0.05) is 13.8 Å². The van der Waals surface area contributed by atoms with E-state index in [1.165, 1.54) is 0 Å². The molecule has 2 aliphatic rings. The number of nitrogens with zero attached hydrogens (tertiary/aromatic N) is 5. The number of rotatable bonds is 3. The third-order valence-electron chi connectivity index (χ3n) is 5.81. The lowest BCUT2D eigenvalue weighted by atomic mass is 9.66. The minimum atomic E-state index is -0.337. The van der Waals surface area contributed by atoms with Crippen LogP contribution in [0.5, 0.6) is 0 Å². The molecule has 7 heteroatoms.